The van der Waals surface area contributed by atoms with Crippen molar-refractivity contribution in [1.82, 2.24) is 0 Å². The minimum Gasteiger partial charge on any atom is -0.384 e. The summed E-state index contributed by atoms with van der Waals surface area (Å²) >= 11 is 0. The van der Waals surface area contributed by atoms with Gasteiger partial charge in [0.1, 0.15) is 5.84 Å². The predicted octanol–water partition coefficient (Wildman–Crippen LogP) is 4.28. The molecule has 2 aromatic rings. The molecule has 0 saturated carbocycles. The lowest BCUT2D eigenvalue weighted by molar-refractivity contribution is -0.138. The molecule has 5 heteroatoms. The van der Waals surface area contributed by atoms with Crippen LogP contribution < -0.4 is 5.73 Å². The minimum absolute atomic E-state index is 0.103. The first-order chi connectivity index (χ1) is 10.5. The van der Waals surface area contributed by atoms with Gasteiger partial charge in [-0.15, -0.1) is 0 Å². The second-order valence-electron chi connectivity index (χ2n) is 4.64. The maximum atomic E-state index is 12.8. The number of alkyl halides is 3. The van der Waals surface area contributed by atoms with Gasteiger partial charge >= 0.3 is 6.18 Å². The first kappa shape index (κ1) is 15.8. The summed E-state index contributed by atoms with van der Waals surface area (Å²) in [4.78, 5) is 3.99. The van der Waals surface area contributed by atoms with Crippen LogP contribution in [0.4, 0.5) is 13.2 Å². The van der Waals surface area contributed by atoms with Gasteiger partial charge in [-0.3, -0.25) is 4.99 Å². The molecule has 2 rings (SSSR count). The fraction of sp³-hybridized carbons (Fsp3) is 0.118. The van der Waals surface area contributed by atoms with E-state index in [1.54, 1.807) is 18.2 Å². The number of rotatable bonds is 4. The van der Waals surface area contributed by atoms with Gasteiger partial charge in [0, 0.05) is 0 Å². The molecule has 0 aliphatic rings. The Hall–Kier alpha value is -2.56. The van der Waals surface area contributed by atoms with Crippen LogP contribution in [0.1, 0.15) is 16.7 Å². The maximum absolute atomic E-state index is 12.8. The van der Waals surface area contributed by atoms with Crippen LogP contribution in [0, 0.1) is 0 Å². The van der Waals surface area contributed by atoms with Crippen LogP contribution in [-0.2, 0) is 12.7 Å². The predicted molar refractivity (Wildman–Crippen MR) is 82.2 cm³/mol. The molecule has 22 heavy (non-hydrogen) atoms. The number of nitrogens with two attached hydrogens (primary N) is 1. The Balaban J connectivity index is 2.10. The van der Waals surface area contributed by atoms with Crippen molar-refractivity contribution in [2.45, 2.75) is 12.7 Å². The van der Waals surface area contributed by atoms with Crippen LogP contribution in [0.15, 0.2) is 65.7 Å². The Morgan fingerprint density at radius 3 is 2.32 bits per heavy atom. The SMILES string of the molecule is NC(/C=C/c1ccccc1)=NCc1ccccc1C(F)(F)F. The summed E-state index contributed by atoms with van der Waals surface area (Å²) in [6, 6.07) is 14.8. The van der Waals surface area contributed by atoms with Gasteiger partial charge in [0.05, 0.1) is 12.1 Å². The smallest absolute Gasteiger partial charge is 0.384 e. The number of hydrogen-bond acceptors (Lipinski definition) is 1. The van der Waals surface area contributed by atoms with Gasteiger partial charge in [-0.25, -0.2) is 0 Å². The normalized spacial score (nSPS) is 12.8. The van der Waals surface area contributed by atoms with Crippen molar-refractivity contribution in [3.8, 4) is 0 Å². The number of benzene rings is 2. The number of halogens is 3. The third-order valence-electron chi connectivity index (χ3n) is 3.00. The maximum Gasteiger partial charge on any atom is 0.416 e. The molecule has 0 aromatic heterocycles. The zero-order valence-electron chi connectivity index (χ0n) is 11.7. The molecule has 0 aliphatic carbocycles. The van der Waals surface area contributed by atoms with E-state index in [0.29, 0.717) is 0 Å². The molecular weight excluding hydrogens is 289 g/mol. The zero-order chi connectivity index (χ0) is 16.0. The number of hydrogen-bond donors (Lipinski definition) is 1. The molecule has 0 heterocycles. The van der Waals surface area contributed by atoms with Gasteiger partial charge in [-0.2, -0.15) is 13.2 Å². The molecule has 0 saturated heterocycles. The molecule has 114 valence electrons. The first-order valence-electron chi connectivity index (χ1n) is 6.65. The lowest BCUT2D eigenvalue weighted by Gasteiger charge is -2.10. The highest BCUT2D eigenvalue weighted by Gasteiger charge is 2.32. The monoisotopic (exact) mass is 304 g/mol. The quantitative estimate of drug-likeness (QED) is 0.664. The molecule has 0 fully saturated rings. The van der Waals surface area contributed by atoms with Crippen LogP contribution in [0.25, 0.3) is 6.08 Å². The van der Waals surface area contributed by atoms with Crippen LogP contribution in [0.3, 0.4) is 0 Å². The van der Waals surface area contributed by atoms with Crippen LogP contribution in [-0.4, -0.2) is 5.84 Å². The van der Waals surface area contributed by atoms with Crippen molar-refractivity contribution >= 4 is 11.9 Å². The van der Waals surface area contributed by atoms with Crippen molar-refractivity contribution in [3.63, 3.8) is 0 Å². The summed E-state index contributed by atoms with van der Waals surface area (Å²) < 4.78 is 38.5. The van der Waals surface area contributed by atoms with Gasteiger partial charge in [-0.1, -0.05) is 54.6 Å². The van der Waals surface area contributed by atoms with Gasteiger partial charge < -0.3 is 5.73 Å². The third-order valence-corrected chi connectivity index (χ3v) is 3.00. The molecule has 0 bridgehead atoms. The summed E-state index contributed by atoms with van der Waals surface area (Å²) in [5.74, 6) is 0.181. The van der Waals surface area contributed by atoms with E-state index in [9.17, 15) is 13.2 Å². The average molecular weight is 304 g/mol. The first-order valence-corrected chi connectivity index (χ1v) is 6.65. The van der Waals surface area contributed by atoms with Crippen molar-refractivity contribution in [3.05, 3.63) is 77.4 Å². The van der Waals surface area contributed by atoms with Crippen molar-refractivity contribution in [2.24, 2.45) is 10.7 Å². The largest absolute Gasteiger partial charge is 0.416 e. The Morgan fingerprint density at radius 1 is 1.00 bits per heavy atom. The lowest BCUT2D eigenvalue weighted by atomic mass is 10.1. The summed E-state index contributed by atoms with van der Waals surface area (Å²) in [7, 11) is 0. The fourth-order valence-electron chi connectivity index (χ4n) is 1.91. The molecule has 0 amide bonds. The van der Waals surface area contributed by atoms with Crippen molar-refractivity contribution in [2.75, 3.05) is 0 Å². The van der Waals surface area contributed by atoms with E-state index < -0.39 is 11.7 Å². The Morgan fingerprint density at radius 2 is 1.64 bits per heavy atom. The van der Waals surface area contributed by atoms with E-state index in [-0.39, 0.29) is 17.9 Å². The summed E-state index contributed by atoms with van der Waals surface area (Å²) in [5, 5.41) is 0. The highest BCUT2D eigenvalue weighted by atomic mass is 19.4. The molecule has 0 atom stereocenters. The van der Waals surface area contributed by atoms with Crippen molar-refractivity contribution < 1.29 is 13.2 Å². The van der Waals surface area contributed by atoms with E-state index in [1.165, 1.54) is 12.1 Å². The third kappa shape index (κ3) is 4.48. The Labute approximate surface area is 126 Å². The van der Waals surface area contributed by atoms with E-state index in [4.69, 9.17) is 5.73 Å². The number of nitrogens with zero attached hydrogens (tertiary/aromatic N) is 1. The van der Waals surface area contributed by atoms with Crippen LogP contribution in [0.2, 0.25) is 0 Å². The lowest BCUT2D eigenvalue weighted by Crippen LogP contribution is -2.11. The molecular formula is C17H15F3N2. The van der Waals surface area contributed by atoms with Crippen molar-refractivity contribution in [1.29, 1.82) is 0 Å². The molecule has 0 aliphatic heterocycles. The summed E-state index contributed by atoms with van der Waals surface area (Å²) in [5.41, 5.74) is 6.07. The van der Waals surface area contributed by atoms with Crippen LogP contribution >= 0.6 is 0 Å². The minimum atomic E-state index is -4.39. The van der Waals surface area contributed by atoms with Gasteiger partial charge in [0.25, 0.3) is 0 Å². The molecule has 2 aromatic carbocycles. The van der Waals surface area contributed by atoms with Crippen LogP contribution in [0.5, 0.6) is 0 Å². The second kappa shape index (κ2) is 6.93. The molecule has 0 unspecified atom stereocenters. The van der Waals surface area contributed by atoms with E-state index in [2.05, 4.69) is 4.99 Å². The molecule has 0 radical (unpaired) electrons. The summed E-state index contributed by atoms with van der Waals surface area (Å²) in [6.07, 6.45) is -1.05. The fourth-order valence-corrected chi connectivity index (χ4v) is 1.91. The molecule has 0 spiro atoms. The molecule has 2 N–H and O–H groups in total. The highest BCUT2D eigenvalue weighted by molar-refractivity contribution is 5.95. The summed E-state index contributed by atoms with van der Waals surface area (Å²) in [6.45, 7) is -0.110. The molecule has 2 nitrogen and oxygen atoms in total. The second-order valence-corrected chi connectivity index (χ2v) is 4.64. The number of amidine groups is 1. The van der Waals surface area contributed by atoms with E-state index in [1.807, 2.05) is 30.3 Å². The van der Waals surface area contributed by atoms with Gasteiger partial charge in [0.15, 0.2) is 0 Å². The number of aliphatic imine (C=N–C) groups is 1. The van der Waals surface area contributed by atoms with E-state index in [0.717, 1.165) is 11.6 Å². The Bertz CT molecular complexity index is 674. The van der Waals surface area contributed by atoms with Gasteiger partial charge in [0.2, 0.25) is 0 Å². The zero-order valence-corrected chi connectivity index (χ0v) is 11.7. The van der Waals surface area contributed by atoms with Gasteiger partial charge in [-0.05, 0) is 23.3 Å². The highest BCUT2D eigenvalue weighted by Crippen LogP contribution is 2.32. The topological polar surface area (TPSA) is 38.4 Å². The Kier molecular flexibility index (Phi) is 4.99. The van der Waals surface area contributed by atoms with E-state index >= 15 is 0 Å². The standard InChI is InChI=1S/C17H15F3N2/c18-17(19,20)15-9-5-4-8-14(15)12-22-16(21)11-10-13-6-2-1-3-7-13/h1-11H,12H2,(H2,21,22)/b11-10+. The average Bonchev–Trinajstić information content (AvgIpc) is 2.51.